The first-order chi connectivity index (χ1) is 8.79. The standard InChI is InChI=1S/C13H18N2O2S/c1-2-3-6-14-13(18)15-10-4-5-11-12(9-10)17-8-7-16-11/h4-5,9H,2-3,6-8H2,1H3,(H2,14,15,18). The highest BCUT2D eigenvalue weighted by Gasteiger charge is 2.11. The smallest absolute Gasteiger partial charge is 0.170 e. The van der Waals surface area contributed by atoms with E-state index in [1.54, 1.807) is 0 Å². The minimum atomic E-state index is 0.593. The van der Waals surface area contributed by atoms with Crippen molar-refractivity contribution in [1.82, 2.24) is 5.32 Å². The number of hydrogen-bond donors (Lipinski definition) is 2. The fourth-order valence-electron chi connectivity index (χ4n) is 1.68. The van der Waals surface area contributed by atoms with Gasteiger partial charge in [-0.15, -0.1) is 0 Å². The Morgan fingerprint density at radius 1 is 1.28 bits per heavy atom. The Morgan fingerprint density at radius 2 is 2.06 bits per heavy atom. The maximum atomic E-state index is 5.52. The van der Waals surface area contributed by atoms with Crippen LogP contribution in [0.3, 0.4) is 0 Å². The van der Waals surface area contributed by atoms with Gasteiger partial charge in [0.15, 0.2) is 16.6 Å². The molecule has 0 amide bonds. The molecule has 0 bridgehead atoms. The predicted octanol–water partition coefficient (Wildman–Crippen LogP) is 2.54. The summed E-state index contributed by atoms with van der Waals surface area (Å²) in [5.41, 5.74) is 0.910. The van der Waals surface area contributed by atoms with Gasteiger partial charge < -0.3 is 20.1 Å². The molecule has 0 radical (unpaired) electrons. The van der Waals surface area contributed by atoms with Crippen LogP contribution in [-0.4, -0.2) is 24.9 Å². The van der Waals surface area contributed by atoms with E-state index in [0.717, 1.165) is 36.6 Å². The average Bonchev–Trinajstić information content (AvgIpc) is 2.39. The van der Waals surface area contributed by atoms with Crippen molar-refractivity contribution in [3.8, 4) is 11.5 Å². The number of ether oxygens (including phenoxy) is 2. The molecule has 2 rings (SSSR count). The average molecular weight is 266 g/mol. The lowest BCUT2D eigenvalue weighted by molar-refractivity contribution is 0.171. The van der Waals surface area contributed by atoms with Crippen molar-refractivity contribution in [2.45, 2.75) is 19.8 Å². The van der Waals surface area contributed by atoms with Gasteiger partial charge in [0.25, 0.3) is 0 Å². The minimum Gasteiger partial charge on any atom is -0.486 e. The molecule has 1 aromatic rings. The van der Waals surface area contributed by atoms with E-state index < -0.39 is 0 Å². The molecule has 0 spiro atoms. The Kier molecular flexibility index (Phi) is 4.64. The molecule has 98 valence electrons. The van der Waals surface area contributed by atoms with Crippen LogP contribution < -0.4 is 20.1 Å². The third kappa shape index (κ3) is 3.50. The highest BCUT2D eigenvalue weighted by atomic mass is 32.1. The Bertz CT molecular complexity index is 423. The van der Waals surface area contributed by atoms with Crippen molar-refractivity contribution < 1.29 is 9.47 Å². The van der Waals surface area contributed by atoms with Crippen LogP contribution in [0.1, 0.15) is 19.8 Å². The van der Waals surface area contributed by atoms with Gasteiger partial charge in [0.2, 0.25) is 0 Å². The first kappa shape index (κ1) is 13.0. The van der Waals surface area contributed by atoms with Gasteiger partial charge in [-0.05, 0) is 30.8 Å². The zero-order chi connectivity index (χ0) is 12.8. The highest BCUT2D eigenvalue weighted by molar-refractivity contribution is 7.80. The van der Waals surface area contributed by atoms with Crippen LogP contribution in [0.2, 0.25) is 0 Å². The van der Waals surface area contributed by atoms with Gasteiger partial charge in [-0.3, -0.25) is 0 Å². The van der Waals surface area contributed by atoms with E-state index in [1.807, 2.05) is 18.2 Å². The number of fused-ring (bicyclic) bond motifs is 1. The van der Waals surface area contributed by atoms with Crippen molar-refractivity contribution in [3.05, 3.63) is 18.2 Å². The molecule has 0 saturated heterocycles. The zero-order valence-corrected chi connectivity index (χ0v) is 11.3. The molecule has 1 aliphatic heterocycles. The molecule has 5 heteroatoms. The molecule has 0 saturated carbocycles. The molecule has 4 nitrogen and oxygen atoms in total. The minimum absolute atomic E-state index is 0.593. The summed E-state index contributed by atoms with van der Waals surface area (Å²) < 4.78 is 11.0. The second-order valence-corrected chi connectivity index (χ2v) is 4.50. The van der Waals surface area contributed by atoms with Gasteiger partial charge in [0.1, 0.15) is 13.2 Å². The largest absolute Gasteiger partial charge is 0.486 e. The summed E-state index contributed by atoms with van der Waals surface area (Å²) >= 11 is 5.21. The van der Waals surface area contributed by atoms with E-state index >= 15 is 0 Å². The maximum absolute atomic E-state index is 5.52. The molecule has 1 aromatic carbocycles. The van der Waals surface area contributed by atoms with E-state index in [0.29, 0.717) is 18.3 Å². The number of rotatable bonds is 4. The lowest BCUT2D eigenvalue weighted by atomic mass is 10.2. The lowest BCUT2D eigenvalue weighted by Gasteiger charge is -2.19. The fourth-order valence-corrected chi connectivity index (χ4v) is 1.90. The Hall–Kier alpha value is -1.49. The molecule has 18 heavy (non-hydrogen) atoms. The van der Waals surface area contributed by atoms with Crippen molar-refractivity contribution in [2.24, 2.45) is 0 Å². The number of unbranched alkanes of at least 4 members (excludes halogenated alkanes) is 1. The summed E-state index contributed by atoms with van der Waals surface area (Å²) in [6.45, 7) is 4.25. The quantitative estimate of drug-likeness (QED) is 0.647. The molecule has 0 aliphatic carbocycles. The third-order valence-electron chi connectivity index (χ3n) is 2.62. The highest BCUT2D eigenvalue weighted by Crippen LogP contribution is 2.32. The van der Waals surface area contributed by atoms with Crippen LogP contribution >= 0.6 is 12.2 Å². The molecular weight excluding hydrogens is 248 g/mol. The van der Waals surface area contributed by atoms with E-state index in [4.69, 9.17) is 21.7 Å². The number of anilines is 1. The monoisotopic (exact) mass is 266 g/mol. The van der Waals surface area contributed by atoms with E-state index in [-0.39, 0.29) is 0 Å². The summed E-state index contributed by atoms with van der Waals surface area (Å²) in [6, 6.07) is 5.73. The van der Waals surface area contributed by atoms with E-state index in [2.05, 4.69) is 17.6 Å². The Morgan fingerprint density at radius 3 is 2.83 bits per heavy atom. The topological polar surface area (TPSA) is 42.5 Å². The van der Waals surface area contributed by atoms with Crippen LogP contribution in [-0.2, 0) is 0 Å². The van der Waals surface area contributed by atoms with Crippen LogP contribution in [0.5, 0.6) is 11.5 Å². The number of benzene rings is 1. The maximum Gasteiger partial charge on any atom is 0.170 e. The summed E-state index contributed by atoms with van der Waals surface area (Å²) in [6.07, 6.45) is 2.27. The normalized spacial score (nSPS) is 12.9. The number of thiocarbonyl (C=S) groups is 1. The number of hydrogen-bond acceptors (Lipinski definition) is 3. The van der Waals surface area contributed by atoms with Crippen molar-refractivity contribution in [1.29, 1.82) is 0 Å². The zero-order valence-electron chi connectivity index (χ0n) is 10.5. The van der Waals surface area contributed by atoms with Crippen LogP contribution in [0, 0.1) is 0 Å². The molecule has 2 N–H and O–H groups in total. The molecule has 0 aromatic heterocycles. The van der Waals surface area contributed by atoms with Crippen molar-refractivity contribution in [2.75, 3.05) is 25.1 Å². The van der Waals surface area contributed by atoms with Crippen molar-refractivity contribution in [3.63, 3.8) is 0 Å². The molecule has 1 heterocycles. The molecule has 0 fully saturated rings. The van der Waals surface area contributed by atoms with Crippen LogP contribution in [0.25, 0.3) is 0 Å². The SMILES string of the molecule is CCCCNC(=S)Nc1ccc2c(c1)OCCO2. The summed E-state index contributed by atoms with van der Waals surface area (Å²) in [4.78, 5) is 0. The van der Waals surface area contributed by atoms with E-state index in [1.165, 1.54) is 0 Å². The lowest BCUT2D eigenvalue weighted by Crippen LogP contribution is -2.29. The summed E-state index contributed by atoms with van der Waals surface area (Å²) in [5.74, 6) is 1.55. The first-order valence-corrected chi connectivity index (χ1v) is 6.65. The molecule has 0 unspecified atom stereocenters. The Balaban J connectivity index is 1.91. The number of nitrogens with one attached hydrogen (secondary N) is 2. The van der Waals surface area contributed by atoms with Gasteiger partial charge in [0, 0.05) is 18.3 Å². The van der Waals surface area contributed by atoms with Crippen LogP contribution in [0.15, 0.2) is 18.2 Å². The predicted molar refractivity (Wildman–Crippen MR) is 76.6 cm³/mol. The second kappa shape index (κ2) is 6.44. The Labute approximate surface area is 113 Å². The summed E-state index contributed by atoms with van der Waals surface area (Å²) in [5, 5.41) is 6.94. The molecular formula is C13H18N2O2S. The van der Waals surface area contributed by atoms with Gasteiger partial charge in [-0.1, -0.05) is 13.3 Å². The van der Waals surface area contributed by atoms with Gasteiger partial charge in [0.05, 0.1) is 0 Å². The van der Waals surface area contributed by atoms with Crippen molar-refractivity contribution >= 4 is 23.0 Å². The van der Waals surface area contributed by atoms with E-state index in [9.17, 15) is 0 Å². The first-order valence-electron chi connectivity index (χ1n) is 6.24. The fraction of sp³-hybridized carbons (Fsp3) is 0.462. The van der Waals surface area contributed by atoms with Gasteiger partial charge in [-0.2, -0.15) is 0 Å². The van der Waals surface area contributed by atoms with Gasteiger partial charge in [-0.25, -0.2) is 0 Å². The molecule has 0 atom stereocenters. The summed E-state index contributed by atoms with van der Waals surface area (Å²) in [7, 11) is 0. The van der Waals surface area contributed by atoms with Crippen LogP contribution in [0.4, 0.5) is 5.69 Å². The van der Waals surface area contributed by atoms with Gasteiger partial charge >= 0.3 is 0 Å². The third-order valence-corrected chi connectivity index (χ3v) is 2.86. The molecule has 1 aliphatic rings. The second-order valence-electron chi connectivity index (χ2n) is 4.09.